The molecule has 0 saturated carbocycles. The number of morpholine rings is 1. The first-order chi connectivity index (χ1) is 11.9. The summed E-state index contributed by atoms with van der Waals surface area (Å²) in [5.74, 6) is 0.572. The third-order valence-corrected chi connectivity index (χ3v) is 4.39. The number of nitrogens with one attached hydrogen (secondary N) is 1. The number of hydrogen-bond donors (Lipinski definition) is 1. The van der Waals surface area contributed by atoms with Gasteiger partial charge in [-0.1, -0.05) is 0 Å². The van der Waals surface area contributed by atoms with Gasteiger partial charge in [-0.25, -0.2) is 4.98 Å². The Labute approximate surface area is 145 Å². The molecule has 1 fully saturated rings. The summed E-state index contributed by atoms with van der Waals surface area (Å²) in [4.78, 5) is 33.3. The van der Waals surface area contributed by atoms with Crippen molar-refractivity contribution >= 4 is 5.91 Å². The monoisotopic (exact) mass is 345 g/mol. The van der Waals surface area contributed by atoms with Crippen molar-refractivity contribution in [2.75, 3.05) is 19.8 Å². The maximum atomic E-state index is 12.8. The van der Waals surface area contributed by atoms with Crippen molar-refractivity contribution in [1.82, 2.24) is 24.6 Å². The molecule has 1 aliphatic heterocycles. The van der Waals surface area contributed by atoms with E-state index in [2.05, 4.69) is 15.1 Å². The van der Waals surface area contributed by atoms with Crippen LogP contribution >= 0.6 is 0 Å². The maximum absolute atomic E-state index is 12.8. The van der Waals surface area contributed by atoms with Crippen LogP contribution in [0.5, 0.6) is 0 Å². The molecule has 0 aromatic carbocycles. The second kappa shape index (κ2) is 7.18. The highest BCUT2D eigenvalue weighted by atomic mass is 16.5. The summed E-state index contributed by atoms with van der Waals surface area (Å²) in [6.45, 7) is 5.03. The number of amides is 1. The van der Waals surface area contributed by atoms with Crippen molar-refractivity contribution in [3.8, 4) is 0 Å². The summed E-state index contributed by atoms with van der Waals surface area (Å²) in [5.41, 5.74) is 2.38. The normalized spacial score (nSPS) is 17.7. The molecule has 1 unspecified atom stereocenters. The Kier molecular flexibility index (Phi) is 4.98. The van der Waals surface area contributed by atoms with Crippen LogP contribution in [0.1, 0.15) is 35.2 Å². The molecule has 2 aromatic rings. The molecule has 1 atom stereocenters. The lowest BCUT2D eigenvalue weighted by Gasteiger charge is -2.35. The van der Waals surface area contributed by atoms with Crippen LogP contribution in [-0.4, -0.2) is 50.3 Å². The van der Waals surface area contributed by atoms with E-state index < -0.39 is 0 Å². The summed E-state index contributed by atoms with van der Waals surface area (Å²) >= 11 is 0. The fraction of sp³-hybridized carbons (Fsp3) is 0.529. The molecule has 0 aliphatic carbocycles. The molecule has 1 saturated heterocycles. The molecule has 1 aliphatic rings. The highest BCUT2D eigenvalue weighted by Gasteiger charge is 2.30. The van der Waals surface area contributed by atoms with Gasteiger partial charge in [0.2, 0.25) is 5.91 Å². The standard InChI is InChI=1S/C17H23N5O3/c1-11-13(9-21(3)20-11)4-5-17(24)22-6-7-25-10-15(22)14-8-16(23)19-12(2)18-14/h8-9,15H,4-7,10H2,1-3H3,(H,18,19,23). The van der Waals surface area contributed by atoms with Crippen molar-refractivity contribution < 1.29 is 9.53 Å². The highest BCUT2D eigenvalue weighted by molar-refractivity contribution is 5.77. The lowest BCUT2D eigenvalue weighted by atomic mass is 10.1. The fourth-order valence-electron chi connectivity index (χ4n) is 3.20. The van der Waals surface area contributed by atoms with Crippen LogP contribution in [0.2, 0.25) is 0 Å². The van der Waals surface area contributed by atoms with Crippen LogP contribution in [0.15, 0.2) is 17.1 Å². The number of nitrogens with zero attached hydrogens (tertiary/aromatic N) is 4. The summed E-state index contributed by atoms with van der Waals surface area (Å²) < 4.78 is 7.28. The average Bonchev–Trinajstić information content (AvgIpc) is 2.89. The quantitative estimate of drug-likeness (QED) is 0.878. The fourth-order valence-corrected chi connectivity index (χ4v) is 3.20. The zero-order chi connectivity index (χ0) is 18.0. The number of hydrogen-bond acceptors (Lipinski definition) is 5. The number of aromatic nitrogens is 4. The third-order valence-electron chi connectivity index (χ3n) is 4.39. The predicted molar refractivity (Wildman–Crippen MR) is 91.1 cm³/mol. The van der Waals surface area contributed by atoms with Crippen LogP contribution in [0.25, 0.3) is 0 Å². The molecule has 0 bridgehead atoms. The van der Waals surface area contributed by atoms with Gasteiger partial charge in [0.25, 0.3) is 5.56 Å². The van der Waals surface area contributed by atoms with Crippen molar-refractivity contribution in [2.45, 2.75) is 32.7 Å². The molecule has 25 heavy (non-hydrogen) atoms. The van der Waals surface area contributed by atoms with Gasteiger partial charge >= 0.3 is 0 Å². The van der Waals surface area contributed by atoms with Crippen LogP contribution < -0.4 is 5.56 Å². The highest BCUT2D eigenvalue weighted by Crippen LogP contribution is 2.23. The summed E-state index contributed by atoms with van der Waals surface area (Å²) in [6, 6.07) is 1.12. The molecule has 2 aromatic heterocycles. The smallest absolute Gasteiger partial charge is 0.251 e. The van der Waals surface area contributed by atoms with E-state index in [1.165, 1.54) is 6.07 Å². The van der Waals surface area contributed by atoms with E-state index in [4.69, 9.17) is 4.74 Å². The Balaban J connectivity index is 1.74. The third kappa shape index (κ3) is 3.96. The first-order valence-corrected chi connectivity index (χ1v) is 8.38. The average molecular weight is 345 g/mol. The van der Waals surface area contributed by atoms with Gasteiger partial charge in [-0.3, -0.25) is 14.3 Å². The second-order valence-corrected chi connectivity index (χ2v) is 6.35. The largest absolute Gasteiger partial charge is 0.377 e. The van der Waals surface area contributed by atoms with E-state index in [0.717, 1.165) is 11.3 Å². The topological polar surface area (TPSA) is 93.1 Å². The first-order valence-electron chi connectivity index (χ1n) is 8.38. The predicted octanol–water partition coefficient (Wildman–Crippen LogP) is 0.653. The maximum Gasteiger partial charge on any atom is 0.251 e. The molecule has 8 heteroatoms. The van der Waals surface area contributed by atoms with Crippen molar-refractivity contribution in [2.24, 2.45) is 7.05 Å². The van der Waals surface area contributed by atoms with E-state index in [1.54, 1.807) is 16.5 Å². The van der Waals surface area contributed by atoms with Crippen LogP contribution in [-0.2, 0) is 23.0 Å². The van der Waals surface area contributed by atoms with E-state index in [0.29, 0.717) is 44.1 Å². The minimum absolute atomic E-state index is 0.0382. The van der Waals surface area contributed by atoms with Gasteiger partial charge in [0.1, 0.15) is 5.82 Å². The van der Waals surface area contributed by atoms with Gasteiger partial charge in [-0.15, -0.1) is 0 Å². The Bertz CT molecular complexity index is 826. The van der Waals surface area contributed by atoms with Gasteiger partial charge in [0.05, 0.1) is 30.6 Å². The number of rotatable bonds is 4. The van der Waals surface area contributed by atoms with Crippen molar-refractivity contribution in [3.63, 3.8) is 0 Å². The number of aromatic amines is 1. The van der Waals surface area contributed by atoms with Gasteiger partial charge in [-0.05, 0) is 25.8 Å². The molecule has 0 spiro atoms. The first kappa shape index (κ1) is 17.3. The van der Waals surface area contributed by atoms with E-state index >= 15 is 0 Å². The van der Waals surface area contributed by atoms with Gasteiger partial charge < -0.3 is 14.6 Å². The SMILES string of the molecule is Cc1nc(C2COCCN2C(=O)CCc2cn(C)nc2C)cc(=O)[nH]1. The minimum Gasteiger partial charge on any atom is -0.377 e. The van der Waals surface area contributed by atoms with E-state index in [-0.39, 0.29) is 17.5 Å². The van der Waals surface area contributed by atoms with Crippen molar-refractivity contribution in [1.29, 1.82) is 0 Å². The molecular weight excluding hydrogens is 322 g/mol. The zero-order valence-corrected chi connectivity index (χ0v) is 14.8. The Morgan fingerprint density at radius 3 is 2.92 bits per heavy atom. The molecule has 3 heterocycles. The lowest BCUT2D eigenvalue weighted by molar-refractivity contribution is -0.140. The minimum atomic E-state index is -0.322. The van der Waals surface area contributed by atoms with E-state index in [1.807, 2.05) is 20.2 Å². The van der Waals surface area contributed by atoms with Crippen LogP contribution in [0.3, 0.4) is 0 Å². The molecule has 0 radical (unpaired) electrons. The number of H-pyrrole nitrogens is 1. The molecule has 8 nitrogen and oxygen atoms in total. The molecule has 3 rings (SSSR count). The molecule has 1 N–H and O–H groups in total. The summed E-state index contributed by atoms with van der Waals surface area (Å²) in [6.07, 6.45) is 2.98. The van der Waals surface area contributed by atoms with Gasteiger partial charge in [0, 0.05) is 32.3 Å². The van der Waals surface area contributed by atoms with Crippen molar-refractivity contribution in [3.05, 3.63) is 45.4 Å². The second-order valence-electron chi connectivity index (χ2n) is 6.35. The van der Waals surface area contributed by atoms with Crippen LogP contribution in [0, 0.1) is 13.8 Å². The zero-order valence-electron chi connectivity index (χ0n) is 14.8. The van der Waals surface area contributed by atoms with Crippen LogP contribution in [0.4, 0.5) is 0 Å². The van der Waals surface area contributed by atoms with E-state index in [9.17, 15) is 9.59 Å². The number of aryl methyl sites for hydroxylation is 4. The lowest BCUT2D eigenvalue weighted by Crippen LogP contribution is -2.44. The number of carbonyl (C=O) groups excluding carboxylic acids is 1. The molecular formula is C17H23N5O3. The Morgan fingerprint density at radius 1 is 1.44 bits per heavy atom. The van der Waals surface area contributed by atoms with Gasteiger partial charge in [-0.2, -0.15) is 5.10 Å². The molecule has 1 amide bonds. The number of carbonyl (C=O) groups is 1. The van der Waals surface area contributed by atoms with Gasteiger partial charge in [0.15, 0.2) is 0 Å². The Hall–Kier alpha value is -2.48. The summed E-state index contributed by atoms with van der Waals surface area (Å²) in [7, 11) is 1.87. The Morgan fingerprint density at radius 2 is 2.24 bits per heavy atom. The molecule has 134 valence electrons. The summed E-state index contributed by atoms with van der Waals surface area (Å²) in [5, 5.41) is 4.31. The number of ether oxygens (including phenoxy) is 1.